The molecular weight excluding hydrogens is 200 g/mol. The molecule has 2 rings (SSSR count). The van der Waals surface area contributed by atoms with E-state index in [1.165, 1.54) is 23.6 Å². The second-order valence-corrected chi connectivity index (χ2v) is 3.46. The van der Waals surface area contributed by atoms with E-state index in [0.717, 1.165) is 4.57 Å². The van der Waals surface area contributed by atoms with E-state index in [9.17, 15) is 14.7 Å². The van der Waals surface area contributed by atoms with Crippen LogP contribution in [0.15, 0.2) is 9.59 Å². The predicted octanol–water partition coefficient (Wildman–Crippen LogP) is -1.95. The van der Waals surface area contributed by atoms with Gasteiger partial charge in [-0.1, -0.05) is 0 Å². The average molecular weight is 211 g/mol. The minimum atomic E-state index is -1.10. The molecule has 2 heterocycles. The van der Waals surface area contributed by atoms with Crippen LogP contribution in [0.25, 0.3) is 0 Å². The van der Waals surface area contributed by atoms with Crippen molar-refractivity contribution >= 4 is 11.5 Å². The van der Waals surface area contributed by atoms with Crippen molar-refractivity contribution in [3.8, 4) is 0 Å². The summed E-state index contributed by atoms with van der Waals surface area (Å²) in [4.78, 5) is 24.6. The van der Waals surface area contributed by atoms with Crippen molar-refractivity contribution < 1.29 is 5.11 Å². The molecule has 0 amide bonds. The Kier molecular flexibility index (Phi) is 1.87. The third-order valence-corrected chi connectivity index (χ3v) is 2.55. The van der Waals surface area contributed by atoms with E-state index in [4.69, 9.17) is 0 Å². The molecule has 1 radical (unpaired) electrons. The van der Waals surface area contributed by atoms with Gasteiger partial charge in [-0.25, -0.2) is 10.1 Å². The van der Waals surface area contributed by atoms with Crippen LogP contribution in [0.1, 0.15) is 0 Å². The molecule has 0 aromatic carbocycles. The number of hydrogen-bond donors (Lipinski definition) is 1. The quantitative estimate of drug-likeness (QED) is 0.540. The third kappa shape index (κ3) is 1.09. The summed E-state index contributed by atoms with van der Waals surface area (Å²) in [5.41, 5.74) is -0.659. The highest BCUT2D eigenvalue weighted by Crippen LogP contribution is 2.26. The molecule has 1 aromatic rings. The molecule has 1 aliphatic rings. The zero-order chi connectivity index (χ0) is 11.3. The fourth-order valence-corrected chi connectivity index (χ4v) is 1.58. The molecule has 1 atom stereocenters. The smallest absolute Gasteiger partial charge is 0.332 e. The van der Waals surface area contributed by atoms with Crippen molar-refractivity contribution in [1.82, 2.24) is 14.5 Å². The summed E-state index contributed by atoms with van der Waals surface area (Å²) in [5, 5.41) is 13.3. The van der Waals surface area contributed by atoms with Crippen LogP contribution in [0.5, 0.6) is 0 Å². The molecule has 15 heavy (non-hydrogen) atoms. The van der Waals surface area contributed by atoms with Crippen LogP contribution < -0.4 is 21.5 Å². The van der Waals surface area contributed by atoms with Gasteiger partial charge in [-0.2, -0.15) is 0 Å². The normalized spacial score (nSPS) is 18.9. The lowest BCUT2D eigenvalue weighted by atomic mass is 10.4. The molecule has 1 aliphatic heterocycles. The summed E-state index contributed by atoms with van der Waals surface area (Å²) in [6.07, 6.45) is -1.10. The van der Waals surface area contributed by atoms with E-state index < -0.39 is 17.6 Å². The highest BCUT2D eigenvalue weighted by molar-refractivity contribution is 5.65. The van der Waals surface area contributed by atoms with E-state index in [1.54, 1.807) is 7.05 Å². The molecule has 0 spiro atoms. The Morgan fingerprint density at radius 2 is 1.80 bits per heavy atom. The lowest BCUT2D eigenvalue weighted by Crippen LogP contribution is -2.39. The van der Waals surface area contributed by atoms with Crippen LogP contribution in [0.3, 0.4) is 0 Å². The van der Waals surface area contributed by atoms with Crippen LogP contribution in [-0.2, 0) is 14.1 Å². The number of rotatable bonds is 0. The Labute approximate surface area is 85.2 Å². The fraction of sp³-hybridized carbons (Fsp3) is 0.500. The first-order valence-corrected chi connectivity index (χ1v) is 4.37. The Hall–Kier alpha value is -1.76. The number of hydrogen-bond acceptors (Lipinski definition) is 4. The SMILES string of the molecule is CN1c2c(n(C)c(=O)n(C)c2=O)[N]C1O. The van der Waals surface area contributed by atoms with E-state index in [-0.39, 0.29) is 11.5 Å². The van der Waals surface area contributed by atoms with E-state index >= 15 is 0 Å². The van der Waals surface area contributed by atoms with Gasteiger partial charge in [0.2, 0.25) is 6.35 Å². The molecule has 0 fully saturated rings. The number of nitrogens with zero attached hydrogens (tertiary/aromatic N) is 4. The number of anilines is 1. The topological polar surface area (TPSA) is 81.6 Å². The molecule has 1 N–H and O–H groups in total. The summed E-state index contributed by atoms with van der Waals surface area (Å²) in [5.74, 6) is 0.220. The first kappa shape index (κ1) is 9.78. The zero-order valence-corrected chi connectivity index (χ0v) is 8.63. The maximum Gasteiger partial charge on any atom is 0.332 e. The Balaban J connectivity index is 2.87. The van der Waals surface area contributed by atoms with Gasteiger partial charge in [-0.3, -0.25) is 13.9 Å². The molecule has 0 saturated heterocycles. The molecule has 1 unspecified atom stereocenters. The maximum atomic E-state index is 11.7. The minimum absolute atomic E-state index is 0.220. The van der Waals surface area contributed by atoms with Crippen LogP contribution >= 0.6 is 0 Å². The van der Waals surface area contributed by atoms with Gasteiger partial charge in [0, 0.05) is 21.1 Å². The van der Waals surface area contributed by atoms with Gasteiger partial charge < -0.3 is 10.0 Å². The lowest BCUT2D eigenvalue weighted by Gasteiger charge is -2.13. The van der Waals surface area contributed by atoms with Crippen molar-refractivity contribution in [3.63, 3.8) is 0 Å². The second kappa shape index (κ2) is 2.86. The highest BCUT2D eigenvalue weighted by Gasteiger charge is 2.32. The molecule has 0 saturated carbocycles. The van der Waals surface area contributed by atoms with Crippen molar-refractivity contribution in [2.75, 3.05) is 11.9 Å². The summed E-state index contributed by atoms with van der Waals surface area (Å²) in [6, 6.07) is 0. The largest absolute Gasteiger partial charge is 0.355 e. The van der Waals surface area contributed by atoms with Gasteiger partial charge in [-0.15, -0.1) is 0 Å². The highest BCUT2D eigenvalue weighted by atomic mass is 16.3. The standard InChI is InChI=1S/C8H11N4O3/c1-10-4-5(9-7(10)14)11(2)8(15)12(3)6(4)13/h7,14H,1-3H3. The van der Waals surface area contributed by atoms with Gasteiger partial charge >= 0.3 is 5.69 Å². The fourth-order valence-electron chi connectivity index (χ4n) is 1.58. The van der Waals surface area contributed by atoms with E-state index in [2.05, 4.69) is 5.32 Å². The van der Waals surface area contributed by atoms with Gasteiger partial charge in [0.1, 0.15) is 5.69 Å². The molecule has 0 bridgehead atoms. The van der Waals surface area contributed by atoms with Crippen LogP contribution in [0, 0.1) is 0 Å². The second-order valence-electron chi connectivity index (χ2n) is 3.46. The first-order valence-electron chi connectivity index (χ1n) is 4.37. The molecule has 7 nitrogen and oxygen atoms in total. The first-order chi connectivity index (χ1) is 6.95. The minimum Gasteiger partial charge on any atom is -0.355 e. The summed E-state index contributed by atoms with van der Waals surface area (Å²) < 4.78 is 2.23. The number of aliphatic hydroxyl groups is 1. The van der Waals surface area contributed by atoms with Crippen LogP contribution in [0.2, 0.25) is 0 Å². The molecule has 1 aromatic heterocycles. The monoisotopic (exact) mass is 211 g/mol. The Morgan fingerprint density at radius 1 is 1.20 bits per heavy atom. The third-order valence-electron chi connectivity index (χ3n) is 2.55. The number of aromatic nitrogens is 2. The Morgan fingerprint density at radius 3 is 2.40 bits per heavy atom. The van der Waals surface area contributed by atoms with Crippen molar-refractivity contribution in [3.05, 3.63) is 20.8 Å². The molecule has 81 valence electrons. The number of aliphatic hydroxyl groups excluding tert-OH is 1. The van der Waals surface area contributed by atoms with Crippen molar-refractivity contribution in [2.45, 2.75) is 6.35 Å². The summed E-state index contributed by atoms with van der Waals surface area (Å²) >= 11 is 0. The summed E-state index contributed by atoms with van der Waals surface area (Å²) in [6.45, 7) is 0. The lowest BCUT2D eigenvalue weighted by molar-refractivity contribution is 0.161. The number of fused-ring (bicyclic) bond motifs is 1. The van der Waals surface area contributed by atoms with Crippen molar-refractivity contribution in [2.24, 2.45) is 14.1 Å². The van der Waals surface area contributed by atoms with Gasteiger partial charge in [0.05, 0.1) is 0 Å². The van der Waals surface area contributed by atoms with E-state index in [0.29, 0.717) is 0 Å². The van der Waals surface area contributed by atoms with Gasteiger partial charge in [0.25, 0.3) is 5.56 Å². The molecule has 0 aliphatic carbocycles. The zero-order valence-electron chi connectivity index (χ0n) is 8.63. The van der Waals surface area contributed by atoms with E-state index in [1.807, 2.05) is 0 Å². The van der Waals surface area contributed by atoms with Crippen LogP contribution in [0.4, 0.5) is 11.5 Å². The van der Waals surface area contributed by atoms with Gasteiger partial charge in [-0.05, 0) is 0 Å². The average Bonchev–Trinajstić information content (AvgIpc) is 2.50. The van der Waals surface area contributed by atoms with Crippen LogP contribution in [-0.4, -0.2) is 27.6 Å². The Bertz CT molecular complexity index is 530. The predicted molar refractivity (Wildman–Crippen MR) is 53.1 cm³/mol. The summed E-state index contributed by atoms with van der Waals surface area (Å²) in [7, 11) is 4.45. The molecule has 7 heteroatoms. The van der Waals surface area contributed by atoms with Crippen molar-refractivity contribution in [1.29, 1.82) is 0 Å². The molecular formula is C8H11N4O3. The maximum absolute atomic E-state index is 11.7. The van der Waals surface area contributed by atoms with Gasteiger partial charge in [0.15, 0.2) is 5.82 Å².